The molecule has 0 spiro atoms. The second-order valence-electron chi connectivity index (χ2n) is 3.96. The molecule has 1 aromatic heterocycles. The van der Waals surface area contributed by atoms with Crippen LogP contribution in [0, 0.1) is 6.92 Å². The lowest BCUT2D eigenvalue weighted by Crippen LogP contribution is -2.25. The van der Waals surface area contributed by atoms with Crippen molar-refractivity contribution in [3.8, 4) is 0 Å². The Bertz CT molecular complexity index is 360. The molecule has 0 fully saturated rings. The first-order valence-corrected chi connectivity index (χ1v) is 6.15. The van der Waals surface area contributed by atoms with Gasteiger partial charge in [0.2, 0.25) is 0 Å². The molecular formula is C12H22N4O2. The first kappa shape index (κ1) is 14.7. The third-order valence-corrected chi connectivity index (χ3v) is 2.57. The Labute approximate surface area is 108 Å². The minimum Gasteiger partial charge on any atom is -0.394 e. The van der Waals surface area contributed by atoms with Crippen molar-refractivity contribution >= 4 is 11.6 Å². The number of nitrogens with zero attached hydrogens (tertiary/aromatic N) is 3. The number of aliphatic hydroxyl groups is 1. The Kier molecular flexibility index (Phi) is 6.38. The number of likely N-dealkylation sites (N-methyl/N-ethyl adjacent to an activating group) is 1. The summed E-state index contributed by atoms with van der Waals surface area (Å²) in [6.45, 7) is 6.59. The number of aromatic nitrogens is 2. The highest BCUT2D eigenvalue weighted by Crippen LogP contribution is 2.20. The van der Waals surface area contributed by atoms with Gasteiger partial charge in [-0.15, -0.1) is 0 Å². The van der Waals surface area contributed by atoms with Crippen molar-refractivity contribution in [2.75, 3.05) is 50.2 Å². The van der Waals surface area contributed by atoms with Crippen molar-refractivity contribution < 1.29 is 9.84 Å². The molecule has 0 amide bonds. The van der Waals surface area contributed by atoms with E-state index in [1.54, 1.807) is 6.33 Å². The van der Waals surface area contributed by atoms with E-state index in [1.807, 2.05) is 25.8 Å². The molecule has 6 nitrogen and oxygen atoms in total. The van der Waals surface area contributed by atoms with Crippen LogP contribution in [0.2, 0.25) is 0 Å². The summed E-state index contributed by atoms with van der Waals surface area (Å²) in [7, 11) is 1.97. The second kappa shape index (κ2) is 7.84. The molecule has 0 bridgehead atoms. The van der Waals surface area contributed by atoms with E-state index >= 15 is 0 Å². The fourth-order valence-electron chi connectivity index (χ4n) is 1.65. The standard InChI is InChI=1S/C12H22N4O2/c1-4-13-11-10(2)12(15-9-14-11)16(3)5-7-18-8-6-17/h9,17H,4-8H2,1-3H3,(H,13,14,15). The van der Waals surface area contributed by atoms with Gasteiger partial charge in [0, 0.05) is 25.7 Å². The van der Waals surface area contributed by atoms with Gasteiger partial charge in [-0.3, -0.25) is 0 Å². The van der Waals surface area contributed by atoms with Crippen molar-refractivity contribution in [3.63, 3.8) is 0 Å². The Balaban J connectivity index is 2.61. The summed E-state index contributed by atoms with van der Waals surface area (Å²) in [5.74, 6) is 1.76. The van der Waals surface area contributed by atoms with Crippen LogP contribution >= 0.6 is 0 Å². The van der Waals surface area contributed by atoms with E-state index in [1.165, 1.54) is 0 Å². The maximum absolute atomic E-state index is 8.62. The van der Waals surface area contributed by atoms with Crippen molar-refractivity contribution in [1.82, 2.24) is 9.97 Å². The fraction of sp³-hybridized carbons (Fsp3) is 0.667. The molecule has 0 saturated carbocycles. The van der Waals surface area contributed by atoms with E-state index in [9.17, 15) is 0 Å². The van der Waals surface area contributed by atoms with Gasteiger partial charge in [-0.25, -0.2) is 9.97 Å². The summed E-state index contributed by atoms with van der Waals surface area (Å²) in [5, 5.41) is 11.8. The SMILES string of the molecule is CCNc1ncnc(N(C)CCOCCO)c1C. The predicted molar refractivity (Wildman–Crippen MR) is 72.1 cm³/mol. The van der Waals surface area contributed by atoms with Crippen LogP contribution in [0.25, 0.3) is 0 Å². The molecular weight excluding hydrogens is 232 g/mol. The Morgan fingerprint density at radius 2 is 2.17 bits per heavy atom. The third kappa shape index (κ3) is 4.12. The van der Waals surface area contributed by atoms with Gasteiger partial charge >= 0.3 is 0 Å². The molecule has 0 aliphatic rings. The van der Waals surface area contributed by atoms with Crippen LogP contribution in [-0.2, 0) is 4.74 Å². The highest BCUT2D eigenvalue weighted by Gasteiger charge is 2.10. The Morgan fingerprint density at radius 3 is 2.83 bits per heavy atom. The van der Waals surface area contributed by atoms with Gasteiger partial charge in [0.25, 0.3) is 0 Å². The molecule has 0 saturated heterocycles. The lowest BCUT2D eigenvalue weighted by molar-refractivity contribution is 0.0970. The minimum absolute atomic E-state index is 0.0564. The molecule has 1 aromatic rings. The van der Waals surface area contributed by atoms with E-state index in [0.29, 0.717) is 13.2 Å². The first-order chi connectivity index (χ1) is 8.70. The second-order valence-corrected chi connectivity index (χ2v) is 3.96. The van der Waals surface area contributed by atoms with Gasteiger partial charge in [0.05, 0.1) is 19.8 Å². The highest BCUT2D eigenvalue weighted by atomic mass is 16.5. The van der Waals surface area contributed by atoms with Gasteiger partial charge in [0.15, 0.2) is 0 Å². The van der Waals surface area contributed by atoms with Crippen LogP contribution in [0.15, 0.2) is 6.33 Å². The van der Waals surface area contributed by atoms with Crippen molar-refractivity contribution in [3.05, 3.63) is 11.9 Å². The third-order valence-electron chi connectivity index (χ3n) is 2.57. The average Bonchev–Trinajstić information content (AvgIpc) is 2.37. The number of hydrogen-bond donors (Lipinski definition) is 2. The lowest BCUT2D eigenvalue weighted by Gasteiger charge is -2.21. The first-order valence-electron chi connectivity index (χ1n) is 6.15. The molecule has 0 aliphatic heterocycles. The summed E-state index contributed by atoms with van der Waals surface area (Å²) in [4.78, 5) is 10.5. The van der Waals surface area contributed by atoms with Crippen molar-refractivity contribution in [2.45, 2.75) is 13.8 Å². The van der Waals surface area contributed by atoms with Crippen LogP contribution in [0.1, 0.15) is 12.5 Å². The molecule has 102 valence electrons. The van der Waals surface area contributed by atoms with Gasteiger partial charge in [-0.05, 0) is 13.8 Å². The number of ether oxygens (including phenoxy) is 1. The van der Waals surface area contributed by atoms with Crippen LogP contribution in [0.4, 0.5) is 11.6 Å². The zero-order valence-corrected chi connectivity index (χ0v) is 11.3. The number of hydrogen-bond acceptors (Lipinski definition) is 6. The summed E-state index contributed by atoms with van der Waals surface area (Å²) >= 11 is 0. The van der Waals surface area contributed by atoms with Crippen LogP contribution < -0.4 is 10.2 Å². The van der Waals surface area contributed by atoms with Crippen molar-refractivity contribution in [2.24, 2.45) is 0 Å². The van der Waals surface area contributed by atoms with E-state index in [-0.39, 0.29) is 6.61 Å². The average molecular weight is 254 g/mol. The number of nitrogens with one attached hydrogen (secondary N) is 1. The molecule has 1 rings (SSSR count). The van der Waals surface area contributed by atoms with Gasteiger partial charge in [0.1, 0.15) is 18.0 Å². The molecule has 0 unspecified atom stereocenters. The predicted octanol–water partition coefficient (Wildman–Crippen LogP) is 0.662. The quantitative estimate of drug-likeness (QED) is 0.664. The van der Waals surface area contributed by atoms with Gasteiger partial charge < -0.3 is 20.1 Å². The van der Waals surface area contributed by atoms with Crippen LogP contribution in [0.3, 0.4) is 0 Å². The molecule has 1 heterocycles. The van der Waals surface area contributed by atoms with E-state index in [4.69, 9.17) is 9.84 Å². The zero-order valence-electron chi connectivity index (χ0n) is 11.3. The van der Waals surface area contributed by atoms with Gasteiger partial charge in [-0.1, -0.05) is 0 Å². The number of aliphatic hydroxyl groups excluding tert-OH is 1. The largest absolute Gasteiger partial charge is 0.394 e. The normalized spacial score (nSPS) is 10.4. The summed E-state index contributed by atoms with van der Waals surface area (Å²) in [6, 6.07) is 0. The Morgan fingerprint density at radius 1 is 1.39 bits per heavy atom. The summed E-state index contributed by atoms with van der Waals surface area (Å²) in [5.41, 5.74) is 1.03. The zero-order chi connectivity index (χ0) is 13.4. The van der Waals surface area contributed by atoms with E-state index in [2.05, 4.69) is 15.3 Å². The minimum atomic E-state index is 0.0564. The maximum Gasteiger partial charge on any atom is 0.136 e. The summed E-state index contributed by atoms with van der Waals surface area (Å²) < 4.78 is 5.24. The fourth-order valence-corrected chi connectivity index (χ4v) is 1.65. The maximum atomic E-state index is 8.62. The van der Waals surface area contributed by atoms with Crippen molar-refractivity contribution in [1.29, 1.82) is 0 Å². The van der Waals surface area contributed by atoms with E-state index in [0.717, 1.165) is 30.3 Å². The van der Waals surface area contributed by atoms with Gasteiger partial charge in [-0.2, -0.15) is 0 Å². The smallest absolute Gasteiger partial charge is 0.136 e. The monoisotopic (exact) mass is 254 g/mol. The Hall–Kier alpha value is -1.40. The van der Waals surface area contributed by atoms with E-state index < -0.39 is 0 Å². The number of anilines is 2. The molecule has 6 heteroatoms. The molecule has 18 heavy (non-hydrogen) atoms. The van der Waals surface area contributed by atoms with Crippen LogP contribution in [0.5, 0.6) is 0 Å². The molecule has 0 radical (unpaired) electrons. The molecule has 0 atom stereocenters. The lowest BCUT2D eigenvalue weighted by atomic mass is 10.3. The molecule has 0 aliphatic carbocycles. The topological polar surface area (TPSA) is 70.5 Å². The van der Waals surface area contributed by atoms with Crippen LogP contribution in [-0.4, -0.2) is 55.0 Å². The molecule has 0 aromatic carbocycles. The molecule has 2 N–H and O–H groups in total. The summed E-state index contributed by atoms with van der Waals surface area (Å²) in [6.07, 6.45) is 1.56. The number of rotatable bonds is 8. The highest BCUT2D eigenvalue weighted by molar-refractivity contribution is 5.57.